The van der Waals surface area contributed by atoms with Crippen LogP contribution in [-0.2, 0) is 4.74 Å². The number of carbonyl (C=O) groups is 2. The Morgan fingerprint density at radius 3 is 2.71 bits per heavy atom. The van der Waals surface area contributed by atoms with Crippen LogP contribution in [0.4, 0.5) is 5.69 Å². The maximum atomic E-state index is 11.3. The van der Waals surface area contributed by atoms with E-state index in [1.807, 2.05) is 0 Å². The zero-order chi connectivity index (χ0) is 15.6. The van der Waals surface area contributed by atoms with Gasteiger partial charge < -0.3 is 9.84 Å². The predicted octanol–water partition coefficient (Wildman–Crippen LogP) is 0.660. The van der Waals surface area contributed by atoms with Gasteiger partial charge in [0.1, 0.15) is 12.0 Å². The monoisotopic (exact) mass is 292 g/mol. The molecule has 1 aromatic heterocycles. The molecule has 0 saturated heterocycles. The van der Waals surface area contributed by atoms with Gasteiger partial charge in [-0.3, -0.25) is 10.1 Å². The van der Waals surface area contributed by atoms with E-state index < -0.39 is 16.9 Å². The molecule has 0 radical (unpaired) electrons. The van der Waals surface area contributed by atoms with Crippen molar-refractivity contribution in [2.24, 2.45) is 0 Å². The van der Waals surface area contributed by atoms with Crippen molar-refractivity contribution < 1.29 is 24.4 Å². The van der Waals surface area contributed by atoms with Crippen LogP contribution < -0.4 is 0 Å². The molecule has 1 aromatic carbocycles. The van der Waals surface area contributed by atoms with E-state index in [1.165, 1.54) is 0 Å². The van der Waals surface area contributed by atoms with Gasteiger partial charge in [-0.25, -0.2) is 19.3 Å². The Bertz CT molecular complexity index is 738. The molecule has 0 saturated carbocycles. The van der Waals surface area contributed by atoms with E-state index >= 15 is 0 Å². The Morgan fingerprint density at radius 1 is 1.43 bits per heavy atom. The summed E-state index contributed by atoms with van der Waals surface area (Å²) in [7, 11) is 1.14. The van der Waals surface area contributed by atoms with Crippen molar-refractivity contribution in [2.45, 2.75) is 0 Å². The number of ether oxygens (including phenoxy) is 1. The quantitative estimate of drug-likeness (QED) is 0.492. The molecule has 0 fully saturated rings. The molecule has 0 aliphatic heterocycles. The first-order chi connectivity index (χ1) is 9.93. The standard InChI is InChI=1S/C11H8N4O6/c1-21-11(18)9-12-5-14(13-9)8-4-6(10(16)17)2-3-7(8)15(19)20/h2-5H,1H3,(H,16,17). The molecule has 0 aliphatic carbocycles. The average molecular weight is 292 g/mol. The van der Waals surface area contributed by atoms with E-state index in [-0.39, 0.29) is 22.8 Å². The molecule has 2 rings (SSSR count). The van der Waals surface area contributed by atoms with Crippen LogP contribution in [0.2, 0.25) is 0 Å². The summed E-state index contributed by atoms with van der Waals surface area (Å²) in [6, 6.07) is 3.20. The highest BCUT2D eigenvalue weighted by molar-refractivity contribution is 5.89. The van der Waals surface area contributed by atoms with Crippen LogP contribution in [0.1, 0.15) is 21.0 Å². The van der Waals surface area contributed by atoms with Gasteiger partial charge in [0, 0.05) is 6.07 Å². The first-order valence-corrected chi connectivity index (χ1v) is 5.46. The number of carbonyl (C=O) groups excluding carboxylic acids is 1. The molecule has 1 heterocycles. The Hall–Kier alpha value is -3.30. The Kier molecular flexibility index (Phi) is 3.61. The van der Waals surface area contributed by atoms with Gasteiger partial charge in [-0.05, 0) is 12.1 Å². The lowest BCUT2D eigenvalue weighted by atomic mass is 10.2. The number of esters is 1. The number of aromatic carboxylic acids is 1. The number of aromatic nitrogens is 3. The Labute approximate surface area is 116 Å². The van der Waals surface area contributed by atoms with E-state index in [2.05, 4.69) is 14.8 Å². The second-order valence-electron chi connectivity index (χ2n) is 3.77. The van der Waals surface area contributed by atoms with Crippen molar-refractivity contribution in [3.8, 4) is 5.69 Å². The fourth-order valence-electron chi connectivity index (χ4n) is 1.56. The van der Waals surface area contributed by atoms with Crippen LogP contribution in [0.15, 0.2) is 24.5 Å². The maximum absolute atomic E-state index is 11.3. The number of nitro groups is 1. The normalized spacial score (nSPS) is 10.1. The lowest BCUT2D eigenvalue weighted by Gasteiger charge is -2.03. The van der Waals surface area contributed by atoms with Crippen molar-refractivity contribution in [3.05, 3.63) is 46.0 Å². The highest BCUT2D eigenvalue weighted by atomic mass is 16.6. The fraction of sp³-hybridized carbons (Fsp3) is 0.0909. The van der Waals surface area contributed by atoms with Crippen molar-refractivity contribution in [1.29, 1.82) is 0 Å². The zero-order valence-corrected chi connectivity index (χ0v) is 10.6. The molecule has 0 bridgehead atoms. The second kappa shape index (κ2) is 5.36. The van der Waals surface area contributed by atoms with Crippen molar-refractivity contribution in [1.82, 2.24) is 14.8 Å². The number of nitro benzene ring substituents is 1. The molecule has 0 aliphatic rings. The predicted molar refractivity (Wildman–Crippen MR) is 66.3 cm³/mol. The van der Waals surface area contributed by atoms with E-state index in [0.717, 1.165) is 36.3 Å². The van der Waals surface area contributed by atoms with Gasteiger partial charge in [0.25, 0.3) is 11.5 Å². The number of methoxy groups -OCH3 is 1. The average Bonchev–Trinajstić information content (AvgIpc) is 2.95. The number of rotatable bonds is 4. The minimum absolute atomic E-state index is 0.123. The SMILES string of the molecule is COC(=O)c1ncn(-c2cc(C(=O)O)ccc2[N+](=O)[O-])n1. The number of benzene rings is 1. The maximum Gasteiger partial charge on any atom is 0.377 e. The Morgan fingerprint density at radius 2 is 2.14 bits per heavy atom. The number of hydrogen-bond acceptors (Lipinski definition) is 7. The van der Waals surface area contributed by atoms with Gasteiger partial charge in [0.2, 0.25) is 0 Å². The largest absolute Gasteiger partial charge is 0.478 e. The highest BCUT2D eigenvalue weighted by Crippen LogP contribution is 2.23. The summed E-state index contributed by atoms with van der Waals surface area (Å²) in [5, 5.41) is 23.6. The molecule has 10 nitrogen and oxygen atoms in total. The molecule has 0 amide bonds. The molecule has 2 aromatic rings. The van der Waals surface area contributed by atoms with E-state index in [4.69, 9.17) is 5.11 Å². The van der Waals surface area contributed by atoms with Crippen LogP contribution in [-0.4, -0.2) is 43.8 Å². The molecule has 21 heavy (non-hydrogen) atoms. The number of hydrogen-bond donors (Lipinski definition) is 1. The molecule has 1 N–H and O–H groups in total. The first-order valence-electron chi connectivity index (χ1n) is 5.46. The minimum atomic E-state index is -1.25. The summed E-state index contributed by atoms with van der Waals surface area (Å²) in [6.07, 6.45) is 1.06. The third-order valence-electron chi connectivity index (χ3n) is 2.53. The van der Waals surface area contributed by atoms with Gasteiger partial charge in [-0.2, -0.15) is 0 Å². The number of nitrogens with zero attached hydrogens (tertiary/aromatic N) is 4. The van der Waals surface area contributed by atoms with Gasteiger partial charge in [0.15, 0.2) is 0 Å². The van der Waals surface area contributed by atoms with Crippen LogP contribution in [0, 0.1) is 10.1 Å². The van der Waals surface area contributed by atoms with E-state index in [9.17, 15) is 19.7 Å². The lowest BCUT2D eigenvalue weighted by molar-refractivity contribution is -0.384. The summed E-state index contributed by atoms with van der Waals surface area (Å²) < 4.78 is 5.36. The van der Waals surface area contributed by atoms with Crippen LogP contribution in [0.3, 0.4) is 0 Å². The third kappa shape index (κ3) is 2.68. The highest BCUT2D eigenvalue weighted by Gasteiger charge is 2.21. The molecule has 0 unspecified atom stereocenters. The molecule has 0 spiro atoms. The van der Waals surface area contributed by atoms with Gasteiger partial charge >= 0.3 is 11.9 Å². The fourth-order valence-corrected chi connectivity index (χ4v) is 1.56. The molecule has 108 valence electrons. The third-order valence-corrected chi connectivity index (χ3v) is 2.53. The smallest absolute Gasteiger partial charge is 0.377 e. The minimum Gasteiger partial charge on any atom is -0.478 e. The van der Waals surface area contributed by atoms with Gasteiger partial charge in [-0.15, -0.1) is 5.10 Å². The topological polar surface area (TPSA) is 137 Å². The van der Waals surface area contributed by atoms with Crippen LogP contribution in [0.25, 0.3) is 5.69 Å². The van der Waals surface area contributed by atoms with Crippen molar-refractivity contribution in [3.63, 3.8) is 0 Å². The first kappa shape index (κ1) is 14.1. The van der Waals surface area contributed by atoms with Crippen LogP contribution >= 0.6 is 0 Å². The van der Waals surface area contributed by atoms with Crippen molar-refractivity contribution in [2.75, 3.05) is 7.11 Å². The Balaban J connectivity index is 2.57. The van der Waals surface area contributed by atoms with Gasteiger partial charge in [0.05, 0.1) is 17.6 Å². The molecular weight excluding hydrogens is 284 g/mol. The van der Waals surface area contributed by atoms with E-state index in [1.54, 1.807) is 0 Å². The van der Waals surface area contributed by atoms with Crippen LogP contribution in [0.5, 0.6) is 0 Å². The lowest BCUT2D eigenvalue weighted by Crippen LogP contribution is -2.07. The summed E-state index contributed by atoms with van der Waals surface area (Å²) in [5.74, 6) is -2.36. The summed E-state index contributed by atoms with van der Waals surface area (Å²) in [4.78, 5) is 36.1. The molecule has 0 atom stereocenters. The van der Waals surface area contributed by atoms with Crippen molar-refractivity contribution >= 4 is 17.6 Å². The molecule has 10 heteroatoms. The summed E-state index contributed by atoms with van der Waals surface area (Å²) in [6.45, 7) is 0. The summed E-state index contributed by atoms with van der Waals surface area (Å²) >= 11 is 0. The number of carboxylic acid groups (broad SMARTS) is 1. The van der Waals surface area contributed by atoms with Gasteiger partial charge in [-0.1, -0.05) is 0 Å². The summed E-state index contributed by atoms with van der Waals surface area (Å²) in [5.41, 5.74) is -0.658. The number of carboxylic acids is 1. The van der Waals surface area contributed by atoms with E-state index in [0.29, 0.717) is 0 Å². The molecular formula is C11H8N4O6. The zero-order valence-electron chi connectivity index (χ0n) is 10.6. The second-order valence-corrected chi connectivity index (χ2v) is 3.77.